The van der Waals surface area contributed by atoms with Crippen LogP contribution in [0.3, 0.4) is 0 Å². The van der Waals surface area contributed by atoms with Crippen molar-refractivity contribution < 1.29 is 91.2 Å². The summed E-state index contributed by atoms with van der Waals surface area (Å²) in [6.07, 6.45) is 5.80. The fourth-order valence-electron chi connectivity index (χ4n) is 17.3. The number of carbonyl (C=O) groups excluding carboxylic acids is 9. The van der Waals surface area contributed by atoms with Crippen LogP contribution in [-0.4, -0.2) is 171 Å². The van der Waals surface area contributed by atoms with Crippen molar-refractivity contribution >= 4 is 98.4 Å². The minimum Gasteiger partial charge on any atom is -0.488 e. The highest BCUT2D eigenvalue weighted by Gasteiger charge is 2.64. The maximum absolute atomic E-state index is 14.4. The average Bonchev–Trinajstić information content (AvgIpc) is 1.67. The fourth-order valence-corrected chi connectivity index (χ4v) is 17.3. The molecule has 3 aliphatic heterocycles. The monoisotopic (exact) mass is 1620 g/mol. The van der Waals surface area contributed by atoms with Gasteiger partial charge in [-0.2, -0.15) is 0 Å². The second kappa shape index (κ2) is 36.7. The van der Waals surface area contributed by atoms with Gasteiger partial charge in [0.15, 0.2) is 11.6 Å². The maximum Gasteiger partial charge on any atom is 0.377 e. The van der Waals surface area contributed by atoms with Crippen LogP contribution < -0.4 is 14.2 Å². The Morgan fingerprint density at radius 3 is 1.07 bits per heavy atom. The van der Waals surface area contributed by atoms with Crippen molar-refractivity contribution in [3.05, 3.63) is 165 Å². The van der Waals surface area contributed by atoms with Gasteiger partial charge in [-0.1, -0.05) is 169 Å². The lowest BCUT2D eigenvalue weighted by molar-refractivity contribution is -0.161. The number of hydrogen-bond donors (Lipinski definition) is 2. The Hall–Kier alpha value is -10.00. The van der Waals surface area contributed by atoms with Crippen LogP contribution in [0, 0.1) is 56.7 Å². The Labute approximate surface area is 694 Å². The molecule has 0 spiro atoms. The number of carboxylic acids is 1. The summed E-state index contributed by atoms with van der Waals surface area (Å²) in [5.74, 6) is -3.85. The molecular formula is C95H120BN3O19. The number of fused-ring (bicyclic) bond motifs is 3. The first kappa shape index (κ1) is 90.3. The van der Waals surface area contributed by atoms with Crippen LogP contribution in [0.2, 0.25) is 6.82 Å². The first-order valence-corrected chi connectivity index (χ1v) is 41.5. The fraction of sp³-hybridized carbons (Fsp3) is 0.516. The standard InChI is InChI=1S/C36H47NO7.C34H43NO7.C25H30BNO5/c1-9-24-20-36(24,33(41)42-10-2)21-29(38)28-18-25(43-30-17-13-15-23-14-11-12-16-26(23)30)22-37(28)32(40)27(34(3,4)5)19-31(39)44-35(6,7)8;1-8-22-18-34(22,31(39)40)19-27(36)26-16-23(41-28-15-11-13-21-12-9-10-14-24(21)28)20-35(26)30(38)25(32(2,3)4)17-29(37)42-33(5,6)7;1-4-18-14-25(18,24(29)31-5-2)15-22(28)21-13-19(16-27(21)26(3)30)32-23-12-8-10-17-9-6-7-11-20(17)23/h9,11-17,24-25,27-28H,1,10,18-22H2,2-8H3;8-15,22-23,25-26H,1,16-20H2,2-7H3,(H,39,40);4,6-12,18-19,21,30H,1,5,13-16H2,2-3H3/t24-,25+,27+,28-,36-;22-,23+,25+,26-,34-;18-,19+,21-,25-/m000/s1. The third kappa shape index (κ3) is 21.2. The molecule has 0 aromatic heterocycles. The number of Topliss-reactive ketones (excluding diaryl/α,β-unsaturated/α-hetero) is 3. The number of amides is 2. The molecular weight excluding hydrogens is 1500 g/mol. The molecule has 0 radical (unpaired) electrons. The molecule has 2 N–H and O–H groups in total. The summed E-state index contributed by atoms with van der Waals surface area (Å²) in [6.45, 7) is 39.9. The van der Waals surface area contributed by atoms with E-state index in [1.54, 1.807) is 90.2 Å². The maximum atomic E-state index is 14.4. The van der Waals surface area contributed by atoms with Gasteiger partial charge < -0.3 is 57.9 Å². The zero-order valence-electron chi connectivity index (χ0n) is 71.4. The van der Waals surface area contributed by atoms with Gasteiger partial charge in [0.25, 0.3) is 0 Å². The third-order valence-corrected chi connectivity index (χ3v) is 23.9. The highest BCUT2D eigenvalue weighted by atomic mass is 16.6. The largest absolute Gasteiger partial charge is 0.488 e. The van der Waals surface area contributed by atoms with E-state index in [-0.39, 0.29) is 130 Å². The van der Waals surface area contributed by atoms with Crippen LogP contribution in [0.15, 0.2) is 165 Å². The van der Waals surface area contributed by atoms with Crippen molar-refractivity contribution in [3.63, 3.8) is 0 Å². The molecule has 22 nitrogen and oxygen atoms in total. The number of rotatable bonds is 30. The molecule has 6 aromatic carbocycles. The first-order chi connectivity index (χ1) is 55.5. The summed E-state index contributed by atoms with van der Waals surface area (Å²) in [7, 11) is -0.794. The van der Waals surface area contributed by atoms with Gasteiger partial charge >= 0.3 is 36.9 Å². The second-order valence-electron chi connectivity index (χ2n) is 36.9. The predicted octanol–water partition coefficient (Wildman–Crippen LogP) is 15.6. The molecule has 0 bridgehead atoms. The van der Waals surface area contributed by atoms with Crippen molar-refractivity contribution in [1.29, 1.82) is 0 Å². The van der Waals surface area contributed by atoms with Gasteiger partial charge in [0.05, 0.1) is 85.4 Å². The molecule has 2 amide bonds. The topological polar surface area (TPSA) is 285 Å². The van der Waals surface area contributed by atoms with Gasteiger partial charge in [-0.3, -0.25) is 47.9 Å². The van der Waals surface area contributed by atoms with E-state index >= 15 is 0 Å². The Balaban J connectivity index is 0.000000189. The minimum absolute atomic E-state index is 0.0466. The van der Waals surface area contributed by atoms with Crippen LogP contribution in [0.4, 0.5) is 0 Å². The lowest BCUT2D eigenvalue weighted by atomic mass is 9.77. The van der Waals surface area contributed by atoms with E-state index in [4.69, 9.17) is 33.2 Å². The van der Waals surface area contributed by atoms with E-state index in [0.29, 0.717) is 43.7 Å². The van der Waals surface area contributed by atoms with Gasteiger partial charge in [0.2, 0.25) is 11.8 Å². The molecule has 118 heavy (non-hydrogen) atoms. The molecule has 14 atom stereocenters. The third-order valence-electron chi connectivity index (χ3n) is 23.9. The van der Waals surface area contributed by atoms with Crippen molar-refractivity contribution in [2.24, 2.45) is 56.7 Å². The summed E-state index contributed by atoms with van der Waals surface area (Å²) < 4.78 is 40.9. The van der Waals surface area contributed by atoms with Crippen LogP contribution in [-0.2, 0) is 66.9 Å². The predicted molar refractivity (Wildman–Crippen MR) is 453 cm³/mol. The number of ketones is 3. The number of carboxylic acid groups (broad SMARTS) is 1. The van der Waals surface area contributed by atoms with Gasteiger partial charge in [0.1, 0.15) is 52.5 Å². The lowest BCUT2D eigenvalue weighted by Gasteiger charge is -2.35. The molecule has 3 saturated heterocycles. The highest BCUT2D eigenvalue weighted by Crippen LogP contribution is 2.60. The molecule has 6 fully saturated rings. The number of carbonyl (C=O) groups is 10. The van der Waals surface area contributed by atoms with Gasteiger partial charge in [-0.25, -0.2) is 0 Å². The van der Waals surface area contributed by atoms with Gasteiger partial charge in [0, 0.05) is 61.2 Å². The van der Waals surface area contributed by atoms with E-state index in [0.717, 1.165) is 38.1 Å². The molecule has 12 rings (SSSR count). The van der Waals surface area contributed by atoms with E-state index in [1.807, 2.05) is 169 Å². The highest BCUT2D eigenvalue weighted by molar-refractivity contribution is 6.46. The normalized spacial score (nSPS) is 25.1. The smallest absolute Gasteiger partial charge is 0.377 e. The zero-order valence-corrected chi connectivity index (χ0v) is 71.4. The first-order valence-electron chi connectivity index (χ1n) is 41.5. The summed E-state index contributed by atoms with van der Waals surface area (Å²) in [6, 6.07) is 39.0. The Morgan fingerprint density at radius 2 is 0.763 bits per heavy atom. The summed E-state index contributed by atoms with van der Waals surface area (Å²) in [5, 5.41) is 26.3. The number of ether oxygens (including phenoxy) is 7. The molecule has 6 aliphatic rings. The van der Waals surface area contributed by atoms with Crippen LogP contribution >= 0.6 is 0 Å². The van der Waals surface area contributed by atoms with Crippen molar-refractivity contribution in [3.8, 4) is 17.2 Å². The van der Waals surface area contributed by atoms with Crippen molar-refractivity contribution in [1.82, 2.24) is 14.6 Å². The molecule has 632 valence electrons. The number of aliphatic carboxylic acids is 1. The summed E-state index contributed by atoms with van der Waals surface area (Å²) >= 11 is 0. The average molecular weight is 1620 g/mol. The van der Waals surface area contributed by atoms with Crippen LogP contribution in [0.1, 0.15) is 168 Å². The minimum atomic E-state index is -1.19. The number of hydrogen-bond acceptors (Lipinski definition) is 19. The SMILES string of the molecule is C=C[C@H]1C[C@@]1(CC(=O)[C@@H]1C[C@@H](Oc2cccc3ccccc23)CN1B(C)O)C(=O)OCC.C=C[C@H]1C[C@@]1(CC(=O)[C@@H]1C[C@@H](Oc2cccc3ccccc23)CN1C(=O)[C@@H](CC(=O)OC(C)(C)C)C(C)(C)C)C(=O)O.C=C[C@H]1C[C@@]1(CC(=O)[C@@H]1C[C@@H](Oc2cccc3ccccc23)CN1C(=O)[C@@H](CC(=O)OC(C)(C)C)C(C)(C)C)C(=O)OCC. The Kier molecular flexibility index (Phi) is 28.1. The molecule has 3 heterocycles. The molecule has 3 saturated carbocycles. The number of nitrogens with zero attached hydrogens (tertiary/aromatic N) is 3. The number of esters is 4. The number of likely N-dealkylation sites (tertiary alicyclic amines) is 2. The molecule has 6 aromatic rings. The second-order valence-corrected chi connectivity index (χ2v) is 36.9. The van der Waals surface area contributed by atoms with E-state index in [2.05, 4.69) is 19.7 Å². The summed E-state index contributed by atoms with van der Waals surface area (Å²) in [5.41, 5.74) is -5.56. The molecule has 23 heteroatoms. The Bertz CT molecular complexity index is 4740. The lowest BCUT2D eigenvalue weighted by Crippen LogP contribution is -2.48. The van der Waals surface area contributed by atoms with Crippen molar-refractivity contribution in [2.75, 3.05) is 32.8 Å². The van der Waals surface area contributed by atoms with Crippen LogP contribution in [0.5, 0.6) is 17.2 Å². The van der Waals surface area contributed by atoms with Gasteiger partial charge in [-0.15, -0.1) is 19.7 Å². The Morgan fingerprint density at radius 1 is 0.458 bits per heavy atom. The number of benzene rings is 6. The van der Waals surface area contributed by atoms with E-state index in [9.17, 15) is 58.1 Å². The molecule has 3 aliphatic carbocycles. The summed E-state index contributed by atoms with van der Waals surface area (Å²) in [4.78, 5) is 138. The van der Waals surface area contributed by atoms with Crippen molar-refractivity contribution in [2.45, 2.75) is 222 Å². The molecule has 0 unspecified atom stereocenters. The van der Waals surface area contributed by atoms with E-state index < -0.39 is 111 Å². The zero-order chi connectivity index (χ0) is 86.4. The number of allylic oxidation sites excluding steroid dienone is 3. The van der Waals surface area contributed by atoms with Crippen LogP contribution in [0.25, 0.3) is 32.3 Å². The van der Waals surface area contributed by atoms with E-state index in [1.165, 1.54) is 4.90 Å². The van der Waals surface area contributed by atoms with Gasteiger partial charge in [-0.05, 0) is 144 Å². The quantitative estimate of drug-likeness (QED) is 0.0183.